The van der Waals surface area contributed by atoms with Gasteiger partial charge in [0.1, 0.15) is 6.04 Å². The molecule has 0 saturated carbocycles. The number of carboxylic acids is 1. The molecule has 3 aromatic rings. The van der Waals surface area contributed by atoms with Gasteiger partial charge < -0.3 is 15.7 Å². The molecule has 0 aliphatic heterocycles. The van der Waals surface area contributed by atoms with E-state index in [1.807, 2.05) is 6.07 Å². The Morgan fingerprint density at radius 2 is 1.55 bits per heavy atom. The molecule has 5 nitrogen and oxygen atoms in total. The summed E-state index contributed by atoms with van der Waals surface area (Å²) in [6.45, 7) is 0. The molecule has 1 unspecified atom stereocenters. The van der Waals surface area contributed by atoms with Crippen molar-refractivity contribution in [3.63, 3.8) is 0 Å². The van der Waals surface area contributed by atoms with Crippen molar-refractivity contribution in [3.8, 4) is 11.1 Å². The monoisotopic (exact) mass is 428 g/mol. The number of hydrogen-bond acceptors (Lipinski definition) is 2. The maximum absolute atomic E-state index is 12.9. The first kappa shape index (κ1) is 21.9. The number of carboxylic acid groups (broad SMARTS) is 1. The molecule has 3 aromatic carbocycles. The maximum atomic E-state index is 12.9. The van der Waals surface area contributed by atoms with Gasteiger partial charge in [0.25, 0.3) is 0 Å². The van der Waals surface area contributed by atoms with Gasteiger partial charge >= 0.3 is 18.2 Å². The molecular weight excluding hydrogens is 409 g/mol. The van der Waals surface area contributed by atoms with Gasteiger partial charge in [0.2, 0.25) is 0 Å². The molecule has 160 valence electrons. The third-order valence-corrected chi connectivity index (χ3v) is 4.55. The zero-order valence-corrected chi connectivity index (χ0v) is 16.2. The second-order valence-corrected chi connectivity index (χ2v) is 6.83. The van der Waals surface area contributed by atoms with Crippen molar-refractivity contribution in [2.24, 2.45) is 0 Å². The zero-order chi connectivity index (χ0) is 22.4. The Kier molecular flexibility index (Phi) is 6.59. The summed E-state index contributed by atoms with van der Waals surface area (Å²) in [6, 6.07) is 18.2. The Balaban J connectivity index is 1.65. The Labute approximate surface area is 176 Å². The highest BCUT2D eigenvalue weighted by Crippen LogP contribution is 2.32. The van der Waals surface area contributed by atoms with Crippen molar-refractivity contribution in [2.75, 3.05) is 5.32 Å². The predicted octanol–water partition coefficient (Wildman–Crippen LogP) is 5.19. The molecule has 0 aromatic heterocycles. The molecule has 0 spiro atoms. The quantitative estimate of drug-likeness (QED) is 0.506. The van der Waals surface area contributed by atoms with Crippen molar-refractivity contribution in [1.82, 2.24) is 5.32 Å². The van der Waals surface area contributed by atoms with Gasteiger partial charge in [-0.05, 0) is 41.0 Å². The molecule has 1 atom stereocenters. The van der Waals surface area contributed by atoms with Crippen LogP contribution in [0, 0.1) is 0 Å². The fourth-order valence-corrected chi connectivity index (χ4v) is 3.00. The molecule has 0 bridgehead atoms. The number of rotatable bonds is 6. The Bertz CT molecular complexity index is 1050. The molecule has 3 N–H and O–H groups in total. The minimum atomic E-state index is -4.43. The fraction of sp³-hybridized carbons (Fsp3) is 0.130. The summed E-state index contributed by atoms with van der Waals surface area (Å²) >= 11 is 0. The van der Waals surface area contributed by atoms with Crippen LogP contribution < -0.4 is 10.6 Å². The van der Waals surface area contributed by atoms with Gasteiger partial charge in [-0.25, -0.2) is 9.59 Å². The summed E-state index contributed by atoms with van der Waals surface area (Å²) in [7, 11) is 0. The normalized spacial score (nSPS) is 12.1. The summed E-state index contributed by atoms with van der Waals surface area (Å²) < 4.78 is 38.7. The zero-order valence-electron chi connectivity index (χ0n) is 16.2. The lowest BCUT2D eigenvalue weighted by Gasteiger charge is -2.15. The topological polar surface area (TPSA) is 78.4 Å². The number of alkyl halides is 3. The minimum absolute atomic E-state index is 0.123. The van der Waals surface area contributed by atoms with Crippen molar-refractivity contribution in [3.05, 3.63) is 90.0 Å². The Morgan fingerprint density at radius 3 is 2.16 bits per heavy atom. The summed E-state index contributed by atoms with van der Waals surface area (Å²) in [5, 5.41) is 14.3. The third kappa shape index (κ3) is 6.08. The molecule has 2 amide bonds. The summed E-state index contributed by atoms with van der Waals surface area (Å²) in [5.41, 5.74) is 1.33. The molecule has 31 heavy (non-hydrogen) atoms. The van der Waals surface area contributed by atoms with Gasteiger partial charge in [0, 0.05) is 12.1 Å². The van der Waals surface area contributed by atoms with Crippen LogP contribution in [-0.4, -0.2) is 23.1 Å². The number of aliphatic carboxylic acids is 1. The lowest BCUT2D eigenvalue weighted by Crippen LogP contribution is -2.44. The number of anilines is 1. The van der Waals surface area contributed by atoms with Crippen LogP contribution in [0.4, 0.5) is 23.7 Å². The molecule has 0 fully saturated rings. The smallest absolute Gasteiger partial charge is 0.416 e. The first-order valence-electron chi connectivity index (χ1n) is 9.34. The van der Waals surface area contributed by atoms with Crippen molar-refractivity contribution >= 4 is 17.7 Å². The molecule has 0 aliphatic carbocycles. The second kappa shape index (κ2) is 9.34. The van der Waals surface area contributed by atoms with E-state index < -0.39 is 29.8 Å². The van der Waals surface area contributed by atoms with E-state index in [4.69, 9.17) is 0 Å². The number of urea groups is 1. The standard InChI is InChI=1S/C23H19F3N2O3/c24-23(25,26)18-8-4-7-17(14-18)16-9-11-19(12-10-16)27-22(31)28-20(21(29)30)13-15-5-2-1-3-6-15/h1-12,14,20H,13H2,(H,29,30)(H2,27,28,31). The van der Waals surface area contributed by atoms with Crippen LogP contribution in [0.5, 0.6) is 0 Å². The number of benzene rings is 3. The van der Waals surface area contributed by atoms with Crippen molar-refractivity contribution in [1.29, 1.82) is 0 Å². The SMILES string of the molecule is O=C(Nc1ccc(-c2cccc(C(F)(F)F)c2)cc1)NC(Cc1ccccc1)C(=O)O. The van der Waals surface area contributed by atoms with E-state index in [0.717, 1.165) is 17.7 Å². The molecule has 0 heterocycles. The van der Waals surface area contributed by atoms with Crippen LogP contribution in [0.15, 0.2) is 78.9 Å². The largest absolute Gasteiger partial charge is 0.480 e. The summed E-state index contributed by atoms with van der Waals surface area (Å²) in [5.74, 6) is -1.17. The highest BCUT2D eigenvalue weighted by Gasteiger charge is 2.30. The molecular formula is C23H19F3N2O3. The molecule has 0 radical (unpaired) electrons. The van der Waals surface area contributed by atoms with Gasteiger partial charge in [-0.3, -0.25) is 0 Å². The lowest BCUT2D eigenvalue weighted by molar-refractivity contribution is -0.139. The second-order valence-electron chi connectivity index (χ2n) is 6.83. The van der Waals surface area contributed by atoms with E-state index in [0.29, 0.717) is 16.8 Å². The average Bonchev–Trinajstić information content (AvgIpc) is 2.74. The molecule has 0 saturated heterocycles. The van der Waals surface area contributed by atoms with Crippen molar-refractivity contribution < 1.29 is 27.9 Å². The van der Waals surface area contributed by atoms with Crippen LogP contribution >= 0.6 is 0 Å². The van der Waals surface area contributed by atoms with E-state index >= 15 is 0 Å². The van der Waals surface area contributed by atoms with E-state index in [1.165, 1.54) is 18.2 Å². The number of amides is 2. The molecule has 8 heteroatoms. The lowest BCUT2D eigenvalue weighted by atomic mass is 10.0. The highest BCUT2D eigenvalue weighted by molar-refractivity contribution is 5.92. The van der Waals surface area contributed by atoms with E-state index in [-0.39, 0.29) is 6.42 Å². The summed E-state index contributed by atoms with van der Waals surface area (Å²) in [4.78, 5) is 23.7. The Morgan fingerprint density at radius 1 is 0.871 bits per heavy atom. The Hall–Kier alpha value is -3.81. The fourth-order valence-electron chi connectivity index (χ4n) is 3.00. The van der Waals surface area contributed by atoms with Crippen LogP contribution in [0.25, 0.3) is 11.1 Å². The van der Waals surface area contributed by atoms with E-state index in [2.05, 4.69) is 10.6 Å². The molecule has 3 rings (SSSR count). The van der Waals surface area contributed by atoms with Gasteiger partial charge in [-0.1, -0.05) is 54.6 Å². The first-order chi connectivity index (χ1) is 14.7. The molecule has 0 aliphatic rings. The van der Waals surface area contributed by atoms with Crippen molar-refractivity contribution in [2.45, 2.75) is 18.6 Å². The number of halogens is 3. The van der Waals surface area contributed by atoms with Crippen LogP contribution in [0.1, 0.15) is 11.1 Å². The number of nitrogens with one attached hydrogen (secondary N) is 2. The van der Waals surface area contributed by atoms with E-state index in [9.17, 15) is 27.9 Å². The van der Waals surface area contributed by atoms with Crippen LogP contribution in [0.2, 0.25) is 0 Å². The van der Waals surface area contributed by atoms with Gasteiger partial charge in [-0.15, -0.1) is 0 Å². The van der Waals surface area contributed by atoms with Gasteiger partial charge in [0.15, 0.2) is 0 Å². The number of hydrogen-bond donors (Lipinski definition) is 3. The maximum Gasteiger partial charge on any atom is 0.416 e. The summed E-state index contributed by atoms with van der Waals surface area (Å²) in [6.07, 6.45) is -4.31. The van der Waals surface area contributed by atoms with Crippen LogP contribution in [0.3, 0.4) is 0 Å². The first-order valence-corrected chi connectivity index (χ1v) is 9.34. The number of carbonyl (C=O) groups is 2. The predicted molar refractivity (Wildman–Crippen MR) is 111 cm³/mol. The van der Waals surface area contributed by atoms with E-state index in [1.54, 1.807) is 42.5 Å². The van der Waals surface area contributed by atoms with Gasteiger partial charge in [0.05, 0.1) is 5.56 Å². The minimum Gasteiger partial charge on any atom is -0.480 e. The van der Waals surface area contributed by atoms with Gasteiger partial charge in [-0.2, -0.15) is 13.2 Å². The number of carbonyl (C=O) groups excluding carboxylic acids is 1. The van der Waals surface area contributed by atoms with Crippen LogP contribution in [-0.2, 0) is 17.4 Å². The highest BCUT2D eigenvalue weighted by atomic mass is 19.4. The third-order valence-electron chi connectivity index (χ3n) is 4.55. The average molecular weight is 428 g/mol.